The van der Waals surface area contributed by atoms with Crippen LogP contribution in [0.15, 0.2) is 18.2 Å². The lowest BCUT2D eigenvalue weighted by Crippen LogP contribution is -2.38. The summed E-state index contributed by atoms with van der Waals surface area (Å²) in [5, 5.41) is 9.07. The van der Waals surface area contributed by atoms with E-state index in [0.717, 1.165) is 10.4 Å². The largest absolute Gasteiger partial charge is 0.478 e. The van der Waals surface area contributed by atoms with Crippen molar-refractivity contribution < 1.29 is 31.5 Å². The van der Waals surface area contributed by atoms with Crippen molar-refractivity contribution in [3.05, 3.63) is 29.3 Å². The molecule has 0 bridgehead atoms. The summed E-state index contributed by atoms with van der Waals surface area (Å²) in [5.74, 6) is -1.75. The maximum atomic E-state index is 12.6. The molecule has 0 spiro atoms. The summed E-state index contributed by atoms with van der Waals surface area (Å²) in [7, 11) is -3.69. The Morgan fingerprint density at radius 1 is 1.24 bits per heavy atom. The van der Waals surface area contributed by atoms with Gasteiger partial charge in [0.1, 0.15) is 0 Å². The van der Waals surface area contributed by atoms with Crippen molar-refractivity contribution >= 4 is 21.7 Å². The average Bonchev–Trinajstić information content (AvgIpc) is 2.36. The van der Waals surface area contributed by atoms with E-state index in [0.29, 0.717) is 25.0 Å². The second kappa shape index (κ2) is 5.21. The summed E-state index contributed by atoms with van der Waals surface area (Å²) in [6, 6.07) is 2.04. The van der Waals surface area contributed by atoms with Gasteiger partial charge in [-0.1, -0.05) is 0 Å². The molecule has 21 heavy (non-hydrogen) atoms. The van der Waals surface area contributed by atoms with Crippen LogP contribution < -0.4 is 4.31 Å². The molecule has 116 valence electrons. The standard InChI is InChI=1S/C12H12F3NO4S/c13-12(14,15)8-3-4-10(9(7-8)11(17)18)16-5-1-2-6-21(16,19)20/h3-4,7H,1-2,5-6H2,(H,17,18). The molecule has 0 saturated carbocycles. The lowest BCUT2D eigenvalue weighted by atomic mass is 10.1. The highest BCUT2D eigenvalue weighted by Gasteiger charge is 2.34. The Hall–Kier alpha value is -1.77. The quantitative estimate of drug-likeness (QED) is 0.906. The molecule has 9 heteroatoms. The van der Waals surface area contributed by atoms with E-state index in [4.69, 9.17) is 5.11 Å². The molecular formula is C12H12F3NO4S. The van der Waals surface area contributed by atoms with Gasteiger partial charge in [-0.25, -0.2) is 13.2 Å². The topological polar surface area (TPSA) is 74.7 Å². The molecule has 0 amide bonds. The number of hydrogen-bond donors (Lipinski definition) is 1. The molecular weight excluding hydrogens is 311 g/mol. The highest BCUT2D eigenvalue weighted by Crippen LogP contribution is 2.34. The fraction of sp³-hybridized carbons (Fsp3) is 0.417. The zero-order valence-electron chi connectivity index (χ0n) is 10.7. The average molecular weight is 323 g/mol. The van der Waals surface area contributed by atoms with Crippen molar-refractivity contribution in [2.24, 2.45) is 0 Å². The monoisotopic (exact) mass is 323 g/mol. The Morgan fingerprint density at radius 2 is 1.90 bits per heavy atom. The number of halogens is 3. The number of sulfonamides is 1. The molecule has 1 aliphatic rings. The van der Waals surface area contributed by atoms with E-state index >= 15 is 0 Å². The number of carboxylic acid groups (broad SMARTS) is 1. The van der Waals surface area contributed by atoms with Crippen molar-refractivity contribution in [3.8, 4) is 0 Å². The van der Waals surface area contributed by atoms with E-state index in [-0.39, 0.29) is 18.0 Å². The van der Waals surface area contributed by atoms with Gasteiger partial charge < -0.3 is 5.11 Å². The maximum Gasteiger partial charge on any atom is 0.416 e. The van der Waals surface area contributed by atoms with E-state index in [1.54, 1.807) is 0 Å². The van der Waals surface area contributed by atoms with E-state index in [1.165, 1.54) is 0 Å². The number of carboxylic acids is 1. The maximum absolute atomic E-state index is 12.6. The number of alkyl halides is 3. The number of carbonyl (C=O) groups is 1. The lowest BCUT2D eigenvalue weighted by molar-refractivity contribution is -0.137. The summed E-state index contributed by atoms with van der Waals surface area (Å²) in [6.07, 6.45) is -3.72. The highest BCUT2D eigenvalue weighted by atomic mass is 32.2. The molecule has 1 heterocycles. The van der Waals surface area contributed by atoms with E-state index in [2.05, 4.69) is 0 Å². The van der Waals surface area contributed by atoms with Crippen molar-refractivity contribution in [2.45, 2.75) is 19.0 Å². The third-order valence-electron chi connectivity index (χ3n) is 3.17. The minimum Gasteiger partial charge on any atom is -0.478 e. The van der Waals surface area contributed by atoms with Gasteiger partial charge in [-0.2, -0.15) is 13.2 Å². The van der Waals surface area contributed by atoms with Gasteiger partial charge in [0.05, 0.1) is 22.6 Å². The summed E-state index contributed by atoms with van der Waals surface area (Å²) in [6.45, 7) is 0.0635. The first-order valence-electron chi connectivity index (χ1n) is 6.08. The van der Waals surface area contributed by atoms with E-state index in [1.807, 2.05) is 0 Å². The molecule has 1 aliphatic heterocycles. The van der Waals surface area contributed by atoms with Gasteiger partial charge in [0, 0.05) is 6.54 Å². The van der Waals surface area contributed by atoms with E-state index < -0.39 is 33.3 Å². The number of anilines is 1. The van der Waals surface area contributed by atoms with Crippen LogP contribution in [0, 0.1) is 0 Å². The molecule has 0 aliphatic carbocycles. The predicted octanol–water partition coefficient (Wildman–Crippen LogP) is 2.33. The molecule has 1 saturated heterocycles. The molecule has 1 aromatic carbocycles. The third-order valence-corrected chi connectivity index (χ3v) is 5.03. The third kappa shape index (κ3) is 3.12. The zero-order chi connectivity index (χ0) is 15.8. The number of benzene rings is 1. The fourth-order valence-electron chi connectivity index (χ4n) is 2.16. The van der Waals surface area contributed by atoms with Gasteiger partial charge >= 0.3 is 12.1 Å². The molecule has 0 radical (unpaired) electrons. The number of hydrogen-bond acceptors (Lipinski definition) is 3. The number of aromatic carboxylic acids is 1. The van der Waals surface area contributed by atoms with Gasteiger partial charge in [0.2, 0.25) is 10.0 Å². The van der Waals surface area contributed by atoms with Crippen molar-refractivity contribution in [2.75, 3.05) is 16.6 Å². The summed E-state index contributed by atoms with van der Waals surface area (Å²) >= 11 is 0. The van der Waals surface area contributed by atoms with Crippen molar-refractivity contribution in [1.29, 1.82) is 0 Å². The Morgan fingerprint density at radius 3 is 2.43 bits per heavy atom. The normalized spacial score (nSPS) is 18.5. The van der Waals surface area contributed by atoms with Crippen LogP contribution >= 0.6 is 0 Å². The van der Waals surface area contributed by atoms with Crippen LogP contribution in [0.25, 0.3) is 0 Å². The van der Waals surface area contributed by atoms with Crippen molar-refractivity contribution in [3.63, 3.8) is 0 Å². The second-order valence-corrected chi connectivity index (χ2v) is 6.64. The zero-order valence-corrected chi connectivity index (χ0v) is 11.5. The number of rotatable bonds is 2. The SMILES string of the molecule is O=C(O)c1cc(C(F)(F)F)ccc1N1CCCCS1(=O)=O. The van der Waals surface area contributed by atoms with Gasteiger partial charge in [-0.3, -0.25) is 4.31 Å². The minimum absolute atomic E-state index is 0.0635. The fourth-order valence-corrected chi connectivity index (χ4v) is 3.82. The Bertz CT molecular complexity index is 670. The lowest BCUT2D eigenvalue weighted by Gasteiger charge is -2.29. The van der Waals surface area contributed by atoms with Gasteiger partial charge in [-0.15, -0.1) is 0 Å². The van der Waals surface area contributed by atoms with Gasteiger partial charge in [0.15, 0.2) is 0 Å². The van der Waals surface area contributed by atoms with Crippen LogP contribution in [0.3, 0.4) is 0 Å². The first-order valence-corrected chi connectivity index (χ1v) is 7.69. The van der Waals surface area contributed by atoms with Crippen LogP contribution in [-0.2, 0) is 16.2 Å². The first kappa shape index (κ1) is 15.6. The van der Waals surface area contributed by atoms with Crippen LogP contribution in [0.1, 0.15) is 28.8 Å². The van der Waals surface area contributed by atoms with Crippen molar-refractivity contribution in [1.82, 2.24) is 0 Å². The Kier molecular flexibility index (Phi) is 3.87. The van der Waals surface area contributed by atoms with Crippen LogP contribution in [0.4, 0.5) is 18.9 Å². The van der Waals surface area contributed by atoms with Crippen LogP contribution in [0.2, 0.25) is 0 Å². The molecule has 5 nitrogen and oxygen atoms in total. The Balaban J connectivity index is 2.56. The highest BCUT2D eigenvalue weighted by molar-refractivity contribution is 7.92. The summed E-state index contributed by atoms with van der Waals surface area (Å²) in [4.78, 5) is 11.2. The summed E-state index contributed by atoms with van der Waals surface area (Å²) < 4.78 is 62.7. The van der Waals surface area contributed by atoms with Crippen LogP contribution in [-0.4, -0.2) is 31.8 Å². The second-order valence-electron chi connectivity index (χ2n) is 4.63. The summed E-state index contributed by atoms with van der Waals surface area (Å²) in [5.41, 5.74) is -2.02. The first-order chi connectivity index (χ1) is 9.63. The van der Waals surface area contributed by atoms with Gasteiger partial charge in [0.25, 0.3) is 0 Å². The van der Waals surface area contributed by atoms with E-state index in [9.17, 15) is 26.4 Å². The molecule has 0 aromatic heterocycles. The molecule has 2 rings (SSSR count). The number of nitrogens with zero attached hydrogens (tertiary/aromatic N) is 1. The predicted molar refractivity (Wildman–Crippen MR) is 68.8 cm³/mol. The smallest absolute Gasteiger partial charge is 0.416 e. The van der Waals surface area contributed by atoms with Gasteiger partial charge in [-0.05, 0) is 31.0 Å². The molecule has 1 aromatic rings. The Labute approximate surface area is 119 Å². The molecule has 0 unspecified atom stereocenters. The minimum atomic E-state index is -4.69. The molecule has 1 N–H and O–H groups in total. The van der Waals surface area contributed by atoms with Crippen LogP contribution in [0.5, 0.6) is 0 Å². The molecule has 1 fully saturated rings. The molecule has 0 atom stereocenters.